The molecule has 2 atom stereocenters. The summed E-state index contributed by atoms with van der Waals surface area (Å²) in [4.78, 5) is 19.0. The van der Waals surface area contributed by atoms with Crippen molar-refractivity contribution in [3.63, 3.8) is 0 Å². The van der Waals surface area contributed by atoms with Crippen molar-refractivity contribution >= 4 is 11.7 Å². The highest BCUT2D eigenvalue weighted by Crippen LogP contribution is 2.22. The first kappa shape index (κ1) is 15.8. The van der Waals surface area contributed by atoms with E-state index in [1.54, 1.807) is 6.20 Å². The van der Waals surface area contributed by atoms with Gasteiger partial charge in [-0.25, -0.2) is 4.98 Å². The maximum Gasteiger partial charge on any atom is 0.257 e. The Hall–Kier alpha value is -1.62. The number of nitrogens with one attached hydrogen (secondary N) is 1. The molecule has 21 heavy (non-hydrogen) atoms. The van der Waals surface area contributed by atoms with Gasteiger partial charge in [0.1, 0.15) is 5.82 Å². The second kappa shape index (κ2) is 6.89. The molecule has 0 unspecified atom stereocenters. The lowest BCUT2D eigenvalue weighted by Gasteiger charge is -2.35. The van der Waals surface area contributed by atoms with Crippen LogP contribution in [-0.2, 0) is 0 Å². The molecule has 1 aromatic heterocycles. The molecular formula is C16H26N4O. The molecule has 1 saturated heterocycles. The first-order valence-electron chi connectivity index (χ1n) is 7.75. The number of rotatable bonds is 4. The second-order valence-corrected chi connectivity index (χ2v) is 6.21. The highest BCUT2D eigenvalue weighted by molar-refractivity contribution is 5.98. The average molecular weight is 290 g/mol. The lowest BCUT2D eigenvalue weighted by molar-refractivity contribution is 0.0661. The normalized spacial score (nSPS) is 20.4. The summed E-state index contributed by atoms with van der Waals surface area (Å²) < 4.78 is 0. The number of piperidine rings is 1. The molecule has 0 spiro atoms. The third kappa shape index (κ3) is 3.94. The van der Waals surface area contributed by atoms with E-state index in [4.69, 9.17) is 5.73 Å². The van der Waals surface area contributed by atoms with E-state index >= 15 is 0 Å². The Morgan fingerprint density at radius 1 is 1.48 bits per heavy atom. The Labute approximate surface area is 126 Å². The van der Waals surface area contributed by atoms with Crippen LogP contribution in [0.3, 0.4) is 0 Å². The predicted molar refractivity (Wildman–Crippen MR) is 85.3 cm³/mol. The SMILES string of the molecule is CC(C)Nc1ncccc1C(=O)N1CCC[C@H]([C@H](C)N)C1. The van der Waals surface area contributed by atoms with Crippen LogP contribution in [0.25, 0.3) is 0 Å². The van der Waals surface area contributed by atoms with E-state index in [9.17, 15) is 4.79 Å². The molecule has 0 bridgehead atoms. The Kier molecular flexibility index (Phi) is 5.17. The number of carbonyl (C=O) groups excluding carboxylic acids is 1. The summed E-state index contributed by atoms with van der Waals surface area (Å²) in [6.07, 6.45) is 3.83. The van der Waals surface area contributed by atoms with Gasteiger partial charge in [-0.2, -0.15) is 0 Å². The van der Waals surface area contributed by atoms with E-state index in [1.165, 1.54) is 0 Å². The van der Waals surface area contributed by atoms with E-state index in [-0.39, 0.29) is 18.0 Å². The highest BCUT2D eigenvalue weighted by atomic mass is 16.2. The largest absolute Gasteiger partial charge is 0.367 e. The molecule has 5 nitrogen and oxygen atoms in total. The monoisotopic (exact) mass is 290 g/mol. The summed E-state index contributed by atoms with van der Waals surface area (Å²) in [5.74, 6) is 1.11. The van der Waals surface area contributed by atoms with Gasteiger partial charge in [-0.1, -0.05) is 0 Å². The molecule has 1 aromatic rings. The fraction of sp³-hybridized carbons (Fsp3) is 0.625. The number of nitrogens with two attached hydrogens (primary N) is 1. The Morgan fingerprint density at radius 3 is 2.90 bits per heavy atom. The minimum Gasteiger partial charge on any atom is -0.367 e. The smallest absolute Gasteiger partial charge is 0.257 e. The average Bonchev–Trinajstić information content (AvgIpc) is 2.46. The van der Waals surface area contributed by atoms with Gasteiger partial charge in [0.15, 0.2) is 0 Å². The highest BCUT2D eigenvalue weighted by Gasteiger charge is 2.27. The maximum atomic E-state index is 12.8. The molecule has 1 fully saturated rings. The van der Waals surface area contributed by atoms with Crippen molar-refractivity contribution in [2.75, 3.05) is 18.4 Å². The zero-order chi connectivity index (χ0) is 15.4. The molecule has 3 N–H and O–H groups in total. The number of anilines is 1. The van der Waals surface area contributed by atoms with Crippen LogP contribution >= 0.6 is 0 Å². The molecule has 0 aliphatic carbocycles. The number of hydrogen-bond acceptors (Lipinski definition) is 4. The van der Waals surface area contributed by atoms with E-state index in [1.807, 2.05) is 37.8 Å². The van der Waals surface area contributed by atoms with Crippen LogP contribution in [0.2, 0.25) is 0 Å². The Morgan fingerprint density at radius 2 is 2.24 bits per heavy atom. The number of pyridine rings is 1. The maximum absolute atomic E-state index is 12.8. The van der Waals surface area contributed by atoms with Gasteiger partial charge in [-0.05, 0) is 51.7 Å². The number of nitrogens with zero attached hydrogens (tertiary/aromatic N) is 2. The molecule has 1 amide bonds. The van der Waals surface area contributed by atoms with Crippen LogP contribution in [0.1, 0.15) is 44.0 Å². The lowest BCUT2D eigenvalue weighted by Crippen LogP contribution is -2.45. The number of amides is 1. The van der Waals surface area contributed by atoms with Crippen LogP contribution in [0.4, 0.5) is 5.82 Å². The van der Waals surface area contributed by atoms with Gasteiger partial charge in [-0.3, -0.25) is 4.79 Å². The summed E-state index contributed by atoms with van der Waals surface area (Å²) in [5.41, 5.74) is 6.65. The molecule has 1 aliphatic rings. The van der Waals surface area contributed by atoms with Gasteiger partial charge in [-0.15, -0.1) is 0 Å². The standard InChI is InChI=1S/C16H26N4O/c1-11(2)19-15-14(7-4-8-18-15)16(21)20-9-5-6-13(10-20)12(3)17/h4,7-8,11-13H,5-6,9-10,17H2,1-3H3,(H,18,19)/t12-,13-/m0/s1. The summed E-state index contributed by atoms with van der Waals surface area (Å²) >= 11 is 0. The van der Waals surface area contributed by atoms with Crippen molar-refractivity contribution in [1.29, 1.82) is 0 Å². The van der Waals surface area contributed by atoms with E-state index in [0.717, 1.165) is 25.9 Å². The molecular weight excluding hydrogens is 264 g/mol. The van der Waals surface area contributed by atoms with Crippen molar-refractivity contribution in [2.24, 2.45) is 11.7 Å². The van der Waals surface area contributed by atoms with Crippen LogP contribution in [-0.4, -0.2) is 41.0 Å². The third-order valence-corrected chi connectivity index (χ3v) is 3.95. The van der Waals surface area contributed by atoms with E-state index in [0.29, 0.717) is 17.3 Å². The zero-order valence-electron chi connectivity index (χ0n) is 13.2. The van der Waals surface area contributed by atoms with Gasteiger partial charge >= 0.3 is 0 Å². The lowest BCUT2D eigenvalue weighted by atomic mass is 9.92. The molecule has 2 heterocycles. The number of hydrogen-bond donors (Lipinski definition) is 2. The first-order chi connectivity index (χ1) is 9.99. The molecule has 1 aliphatic heterocycles. The van der Waals surface area contributed by atoms with Crippen LogP contribution < -0.4 is 11.1 Å². The van der Waals surface area contributed by atoms with E-state index < -0.39 is 0 Å². The van der Waals surface area contributed by atoms with Crippen molar-refractivity contribution in [3.05, 3.63) is 23.9 Å². The molecule has 116 valence electrons. The molecule has 0 saturated carbocycles. The summed E-state index contributed by atoms with van der Waals surface area (Å²) in [6, 6.07) is 4.02. The molecule has 2 rings (SSSR count). The second-order valence-electron chi connectivity index (χ2n) is 6.21. The first-order valence-corrected chi connectivity index (χ1v) is 7.75. The summed E-state index contributed by atoms with van der Waals surface area (Å²) in [6.45, 7) is 7.64. The fourth-order valence-corrected chi connectivity index (χ4v) is 2.76. The number of likely N-dealkylation sites (tertiary alicyclic amines) is 1. The van der Waals surface area contributed by atoms with Crippen molar-refractivity contribution < 1.29 is 4.79 Å². The van der Waals surface area contributed by atoms with Gasteiger partial charge in [0.2, 0.25) is 0 Å². The zero-order valence-corrected chi connectivity index (χ0v) is 13.2. The third-order valence-electron chi connectivity index (χ3n) is 3.95. The van der Waals surface area contributed by atoms with Crippen molar-refractivity contribution in [1.82, 2.24) is 9.88 Å². The van der Waals surface area contributed by atoms with Crippen LogP contribution in [0.5, 0.6) is 0 Å². The predicted octanol–water partition coefficient (Wildman–Crippen LogP) is 2.10. The molecule has 5 heteroatoms. The Bertz CT molecular complexity index is 487. The minimum atomic E-state index is 0.0524. The van der Waals surface area contributed by atoms with Gasteiger partial charge in [0, 0.05) is 31.4 Å². The quantitative estimate of drug-likeness (QED) is 0.891. The Balaban J connectivity index is 2.16. The van der Waals surface area contributed by atoms with Crippen molar-refractivity contribution in [3.8, 4) is 0 Å². The number of carbonyl (C=O) groups is 1. The van der Waals surface area contributed by atoms with Crippen LogP contribution in [0.15, 0.2) is 18.3 Å². The topological polar surface area (TPSA) is 71.2 Å². The summed E-state index contributed by atoms with van der Waals surface area (Å²) in [5, 5.41) is 3.24. The van der Waals surface area contributed by atoms with Crippen molar-refractivity contribution in [2.45, 2.75) is 45.7 Å². The molecule has 0 aromatic carbocycles. The van der Waals surface area contributed by atoms with E-state index in [2.05, 4.69) is 10.3 Å². The van der Waals surface area contributed by atoms with Crippen LogP contribution in [0, 0.1) is 5.92 Å². The van der Waals surface area contributed by atoms with Gasteiger partial charge < -0.3 is 16.0 Å². The van der Waals surface area contributed by atoms with Gasteiger partial charge in [0.05, 0.1) is 5.56 Å². The number of aromatic nitrogens is 1. The molecule has 0 radical (unpaired) electrons. The van der Waals surface area contributed by atoms with Gasteiger partial charge in [0.25, 0.3) is 5.91 Å². The fourth-order valence-electron chi connectivity index (χ4n) is 2.76. The minimum absolute atomic E-state index is 0.0524. The summed E-state index contributed by atoms with van der Waals surface area (Å²) in [7, 11) is 0.